The van der Waals surface area contributed by atoms with Gasteiger partial charge in [-0.2, -0.15) is 12.1 Å². The van der Waals surface area contributed by atoms with Crippen LogP contribution in [0, 0.1) is 0 Å². The lowest BCUT2D eigenvalue weighted by atomic mass is 10.4. The van der Waals surface area contributed by atoms with Crippen molar-refractivity contribution in [2.24, 2.45) is 0 Å². The van der Waals surface area contributed by atoms with Gasteiger partial charge in [-0.3, -0.25) is 0 Å². The SMILES string of the molecule is C=C(C)OCc1ccc[cH-]1. The van der Waals surface area contributed by atoms with Crippen LogP contribution in [0.1, 0.15) is 12.5 Å². The van der Waals surface area contributed by atoms with E-state index in [1.165, 1.54) is 5.56 Å². The molecule has 0 spiro atoms. The Bertz CT molecular complexity index is 197. The Labute approximate surface area is 61.3 Å². The molecule has 54 valence electrons. The fraction of sp³-hybridized carbons (Fsp3) is 0.222. The molecule has 1 aromatic rings. The average molecular weight is 135 g/mol. The molecule has 0 saturated heterocycles. The van der Waals surface area contributed by atoms with E-state index in [2.05, 4.69) is 6.58 Å². The molecular formula is C9H11O-. The van der Waals surface area contributed by atoms with Gasteiger partial charge in [-0.25, -0.2) is 12.1 Å². The fourth-order valence-electron chi connectivity index (χ4n) is 0.717. The maximum atomic E-state index is 5.19. The van der Waals surface area contributed by atoms with Gasteiger partial charge in [-0.1, -0.05) is 6.58 Å². The topological polar surface area (TPSA) is 9.23 Å². The minimum Gasteiger partial charge on any atom is -0.496 e. The monoisotopic (exact) mass is 135 g/mol. The van der Waals surface area contributed by atoms with Crippen LogP contribution in [0.2, 0.25) is 0 Å². The molecule has 0 aliphatic heterocycles. The van der Waals surface area contributed by atoms with Crippen LogP contribution in [-0.2, 0) is 11.3 Å². The molecule has 0 fully saturated rings. The number of ether oxygens (including phenoxy) is 1. The highest BCUT2D eigenvalue weighted by Crippen LogP contribution is 2.03. The highest BCUT2D eigenvalue weighted by molar-refractivity contribution is 5.15. The van der Waals surface area contributed by atoms with E-state index in [0.29, 0.717) is 6.61 Å². The van der Waals surface area contributed by atoms with E-state index in [1.807, 2.05) is 31.2 Å². The quantitative estimate of drug-likeness (QED) is 0.457. The Hall–Kier alpha value is -1.11. The van der Waals surface area contributed by atoms with Gasteiger partial charge in [-0.15, -0.1) is 5.56 Å². The molecular weight excluding hydrogens is 124 g/mol. The Morgan fingerprint density at radius 3 is 3.10 bits per heavy atom. The zero-order chi connectivity index (χ0) is 7.40. The van der Waals surface area contributed by atoms with E-state index < -0.39 is 0 Å². The van der Waals surface area contributed by atoms with Crippen molar-refractivity contribution in [3.8, 4) is 0 Å². The van der Waals surface area contributed by atoms with Crippen molar-refractivity contribution in [1.82, 2.24) is 0 Å². The Balaban J connectivity index is 2.35. The first-order valence-corrected chi connectivity index (χ1v) is 3.28. The van der Waals surface area contributed by atoms with Crippen LogP contribution >= 0.6 is 0 Å². The van der Waals surface area contributed by atoms with Gasteiger partial charge in [0.2, 0.25) is 0 Å². The molecule has 0 aromatic heterocycles. The van der Waals surface area contributed by atoms with Crippen LogP contribution in [0.5, 0.6) is 0 Å². The van der Waals surface area contributed by atoms with Crippen molar-refractivity contribution >= 4 is 0 Å². The van der Waals surface area contributed by atoms with Gasteiger partial charge in [-0.05, 0) is 6.92 Å². The molecule has 0 aliphatic rings. The maximum absolute atomic E-state index is 5.19. The summed E-state index contributed by atoms with van der Waals surface area (Å²) in [7, 11) is 0. The fourth-order valence-corrected chi connectivity index (χ4v) is 0.717. The molecule has 0 radical (unpaired) electrons. The summed E-state index contributed by atoms with van der Waals surface area (Å²) in [4.78, 5) is 0. The second kappa shape index (κ2) is 3.16. The Kier molecular flexibility index (Phi) is 2.21. The molecule has 0 heterocycles. The van der Waals surface area contributed by atoms with Crippen LogP contribution in [0.15, 0.2) is 36.6 Å². The molecule has 0 unspecified atom stereocenters. The number of rotatable bonds is 3. The van der Waals surface area contributed by atoms with Gasteiger partial charge >= 0.3 is 0 Å². The third-order valence-electron chi connectivity index (χ3n) is 1.22. The van der Waals surface area contributed by atoms with Crippen molar-refractivity contribution in [3.05, 3.63) is 42.2 Å². The van der Waals surface area contributed by atoms with Gasteiger partial charge in [0.05, 0.1) is 12.4 Å². The normalized spacial score (nSPS) is 9.30. The van der Waals surface area contributed by atoms with Crippen LogP contribution < -0.4 is 0 Å². The largest absolute Gasteiger partial charge is 0.496 e. The standard InChI is InChI=1S/C9H11O/c1-8(2)10-7-9-5-3-4-6-9/h3-6H,1,7H2,2H3/q-1. The zero-order valence-electron chi connectivity index (χ0n) is 6.13. The minimum atomic E-state index is 0.641. The summed E-state index contributed by atoms with van der Waals surface area (Å²) in [6.07, 6.45) is 0. The molecule has 0 N–H and O–H groups in total. The summed E-state index contributed by atoms with van der Waals surface area (Å²) >= 11 is 0. The molecule has 10 heavy (non-hydrogen) atoms. The molecule has 1 nitrogen and oxygen atoms in total. The second-order valence-electron chi connectivity index (χ2n) is 2.28. The third kappa shape index (κ3) is 2.02. The molecule has 1 aromatic carbocycles. The Morgan fingerprint density at radius 2 is 2.60 bits per heavy atom. The van der Waals surface area contributed by atoms with E-state index in [9.17, 15) is 0 Å². The van der Waals surface area contributed by atoms with Gasteiger partial charge in [0, 0.05) is 0 Å². The summed E-state index contributed by atoms with van der Waals surface area (Å²) in [5, 5.41) is 0. The zero-order valence-corrected chi connectivity index (χ0v) is 6.13. The second-order valence-corrected chi connectivity index (χ2v) is 2.28. The molecule has 1 rings (SSSR count). The minimum absolute atomic E-state index is 0.641. The molecule has 0 bridgehead atoms. The molecule has 0 saturated carbocycles. The van der Waals surface area contributed by atoms with Crippen molar-refractivity contribution in [2.45, 2.75) is 13.5 Å². The average Bonchev–Trinajstić information content (AvgIpc) is 2.34. The summed E-state index contributed by atoms with van der Waals surface area (Å²) < 4.78 is 5.19. The van der Waals surface area contributed by atoms with Gasteiger partial charge in [0.25, 0.3) is 0 Å². The van der Waals surface area contributed by atoms with Gasteiger partial charge in [0.15, 0.2) is 0 Å². The lowest BCUT2D eigenvalue weighted by molar-refractivity contribution is 0.202. The predicted molar refractivity (Wildman–Crippen MR) is 41.6 cm³/mol. The van der Waals surface area contributed by atoms with E-state index in [1.54, 1.807) is 0 Å². The van der Waals surface area contributed by atoms with E-state index in [0.717, 1.165) is 5.76 Å². The van der Waals surface area contributed by atoms with Crippen LogP contribution in [0.4, 0.5) is 0 Å². The van der Waals surface area contributed by atoms with Crippen molar-refractivity contribution in [2.75, 3.05) is 0 Å². The number of allylic oxidation sites excluding steroid dienone is 1. The lowest BCUT2D eigenvalue weighted by Gasteiger charge is -2.04. The maximum Gasteiger partial charge on any atom is 0.0899 e. The third-order valence-corrected chi connectivity index (χ3v) is 1.22. The highest BCUT2D eigenvalue weighted by atomic mass is 16.5. The summed E-state index contributed by atoms with van der Waals surface area (Å²) in [5.41, 5.74) is 1.20. The van der Waals surface area contributed by atoms with Crippen molar-refractivity contribution < 1.29 is 4.74 Å². The molecule has 0 aliphatic carbocycles. The van der Waals surface area contributed by atoms with E-state index in [4.69, 9.17) is 4.74 Å². The Morgan fingerprint density at radius 1 is 1.80 bits per heavy atom. The van der Waals surface area contributed by atoms with Gasteiger partial charge < -0.3 is 4.74 Å². The van der Waals surface area contributed by atoms with Crippen LogP contribution in [0.3, 0.4) is 0 Å². The van der Waals surface area contributed by atoms with E-state index in [-0.39, 0.29) is 0 Å². The first-order valence-electron chi connectivity index (χ1n) is 3.28. The first-order chi connectivity index (χ1) is 4.79. The number of hydrogen-bond acceptors (Lipinski definition) is 1. The van der Waals surface area contributed by atoms with Crippen LogP contribution in [0.25, 0.3) is 0 Å². The molecule has 1 heteroatoms. The van der Waals surface area contributed by atoms with Crippen molar-refractivity contribution in [3.63, 3.8) is 0 Å². The van der Waals surface area contributed by atoms with Crippen molar-refractivity contribution in [1.29, 1.82) is 0 Å². The summed E-state index contributed by atoms with van der Waals surface area (Å²) in [6.45, 7) is 6.12. The van der Waals surface area contributed by atoms with Crippen LogP contribution in [-0.4, -0.2) is 0 Å². The summed E-state index contributed by atoms with van der Waals surface area (Å²) in [6, 6.07) is 8.06. The lowest BCUT2D eigenvalue weighted by Crippen LogP contribution is -1.86. The molecule has 0 amide bonds. The first kappa shape index (κ1) is 7.00. The van der Waals surface area contributed by atoms with Gasteiger partial charge in [0.1, 0.15) is 0 Å². The van der Waals surface area contributed by atoms with E-state index >= 15 is 0 Å². The molecule has 0 atom stereocenters. The smallest absolute Gasteiger partial charge is 0.0899 e. The summed E-state index contributed by atoms with van der Waals surface area (Å²) in [5.74, 6) is 0.765. The number of hydrogen-bond donors (Lipinski definition) is 0. The predicted octanol–water partition coefficient (Wildman–Crippen LogP) is 2.46. The highest BCUT2D eigenvalue weighted by Gasteiger charge is 1.84.